The molecular formula is C18H17ClO5S. The SMILES string of the molecule is CCOC(=O)C(C(=O)c1ccc(S(C)(=O)=O)cc1)c1ccccc1Cl. The van der Waals surface area contributed by atoms with Crippen molar-refractivity contribution in [2.75, 3.05) is 12.9 Å². The van der Waals surface area contributed by atoms with E-state index in [-0.39, 0.29) is 22.1 Å². The van der Waals surface area contributed by atoms with Gasteiger partial charge in [0.2, 0.25) is 0 Å². The summed E-state index contributed by atoms with van der Waals surface area (Å²) in [5.41, 5.74) is 0.546. The van der Waals surface area contributed by atoms with Crippen LogP contribution in [0.5, 0.6) is 0 Å². The second-order valence-corrected chi connectivity index (χ2v) is 7.79. The molecule has 0 N–H and O–H groups in total. The number of benzene rings is 2. The Labute approximate surface area is 151 Å². The van der Waals surface area contributed by atoms with Crippen LogP contribution in [0.2, 0.25) is 5.02 Å². The number of hydrogen-bond donors (Lipinski definition) is 0. The Hall–Kier alpha value is -2.18. The first-order valence-electron chi connectivity index (χ1n) is 7.51. The molecule has 1 unspecified atom stereocenters. The molecule has 0 saturated carbocycles. The summed E-state index contributed by atoms with van der Waals surface area (Å²) in [5.74, 6) is -2.42. The highest BCUT2D eigenvalue weighted by Gasteiger charge is 2.32. The lowest BCUT2D eigenvalue weighted by molar-refractivity contribution is -0.143. The summed E-state index contributed by atoms with van der Waals surface area (Å²) >= 11 is 6.14. The molecule has 0 aliphatic rings. The van der Waals surface area contributed by atoms with Crippen LogP contribution in [0.1, 0.15) is 28.8 Å². The van der Waals surface area contributed by atoms with Crippen LogP contribution >= 0.6 is 11.6 Å². The summed E-state index contributed by atoms with van der Waals surface area (Å²) in [5, 5.41) is 0.279. The molecule has 7 heteroatoms. The fourth-order valence-corrected chi connectivity index (χ4v) is 3.22. The first-order chi connectivity index (χ1) is 11.8. The molecule has 0 amide bonds. The highest BCUT2D eigenvalue weighted by Crippen LogP contribution is 2.29. The molecule has 0 aliphatic carbocycles. The minimum atomic E-state index is -3.37. The van der Waals surface area contributed by atoms with Gasteiger partial charge in [-0.2, -0.15) is 0 Å². The van der Waals surface area contributed by atoms with E-state index in [0.29, 0.717) is 5.56 Å². The first-order valence-corrected chi connectivity index (χ1v) is 9.78. The van der Waals surface area contributed by atoms with Crippen LogP contribution in [0.4, 0.5) is 0 Å². The zero-order valence-electron chi connectivity index (χ0n) is 13.7. The van der Waals surface area contributed by atoms with Gasteiger partial charge in [0.25, 0.3) is 0 Å². The van der Waals surface area contributed by atoms with Crippen LogP contribution in [0.15, 0.2) is 53.4 Å². The molecule has 0 spiro atoms. The van der Waals surface area contributed by atoms with Crippen molar-refractivity contribution in [2.45, 2.75) is 17.7 Å². The molecule has 0 radical (unpaired) electrons. The number of ketones is 1. The average molecular weight is 381 g/mol. The number of hydrogen-bond acceptors (Lipinski definition) is 5. The zero-order chi connectivity index (χ0) is 18.6. The number of esters is 1. The van der Waals surface area contributed by atoms with E-state index in [1.54, 1.807) is 31.2 Å². The molecule has 0 aromatic heterocycles. The average Bonchev–Trinajstić information content (AvgIpc) is 2.56. The zero-order valence-corrected chi connectivity index (χ0v) is 15.3. The third-order valence-corrected chi connectivity index (χ3v) is 5.04. The molecule has 2 aromatic carbocycles. The van der Waals surface area contributed by atoms with Crippen LogP contribution in [-0.2, 0) is 19.4 Å². The highest BCUT2D eigenvalue weighted by molar-refractivity contribution is 7.90. The number of sulfone groups is 1. The Kier molecular flexibility index (Phi) is 5.98. The molecule has 1 atom stereocenters. The lowest BCUT2D eigenvalue weighted by Gasteiger charge is -2.16. The van der Waals surface area contributed by atoms with Crippen molar-refractivity contribution in [1.82, 2.24) is 0 Å². The molecule has 0 fully saturated rings. The molecule has 0 saturated heterocycles. The lowest BCUT2D eigenvalue weighted by Crippen LogP contribution is -2.25. The van der Waals surface area contributed by atoms with E-state index in [4.69, 9.17) is 16.3 Å². The minimum absolute atomic E-state index is 0.0921. The van der Waals surface area contributed by atoms with Gasteiger partial charge in [-0.3, -0.25) is 9.59 Å². The number of rotatable bonds is 6. The summed E-state index contributed by atoms with van der Waals surface area (Å²) in [6.45, 7) is 1.77. The monoisotopic (exact) mass is 380 g/mol. The van der Waals surface area contributed by atoms with E-state index in [0.717, 1.165) is 6.26 Å². The van der Waals surface area contributed by atoms with Gasteiger partial charge in [0.15, 0.2) is 15.6 Å². The maximum atomic E-state index is 12.9. The van der Waals surface area contributed by atoms with Crippen molar-refractivity contribution in [1.29, 1.82) is 0 Å². The molecule has 0 bridgehead atoms. The van der Waals surface area contributed by atoms with Crippen molar-refractivity contribution in [3.63, 3.8) is 0 Å². The molecule has 0 heterocycles. The Morgan fingerprint density at radius 1 is 1.08 bits per heavy atom. The van der Waals surface area contributed by atoms with Crippen molar-refractivity contribution in [2.24, 2.45) is 0 Å². The summed E-state index contributed by atoms with van der Waals surface area (Å²) < 4.78 is 28.1. The van der Waals surface area contributed by atoms with Crippen molar-refractivity contribution in [3.8, 4) is 0 Å². The second-order valence-electron chi connectivity index (χ2n) is 5.37. The molecule has 132 valence electrons. The Balaban J connectivity index is 2.45. The summed E-state index contributed by atoms with van der Waals surface area (Å²) in [6.07, 6.45) is 1.08. The number of Topliss-reactive ketones (excluding diaryl/α,β-unsaturated/α-hetero) is 1. The van der Waals surface area contributed by atoms with Gasteiger partial charge in [-0.05, 0) is 30.7 Å². The van der Waals surface area contributed by atoms with E-state index in [1.807, 2.05) is 0 Å². The van der Waals surface area contributed by atoms with Crippen LogP contribution in [-0.4, -0.2) is 33.0 Å². The van der Waals surface area contributed by atoms with E-state index >= 15 is 0 Å². The summed E-state index contributed by atoms with van der Waals surface area (Å²) in [6, 6.07) is 12.0. The van der Waals surface area contributed by atoms with Crippen LogP contribution in [0.25, 0.3) is 0 Å². The standard InChI is InChI=1S/C18H17ClO5S/c1-3-24-18(21)16(14-6-4-5-7-15(14)19)17(20)12-8-10-13(11-9-12)25(2,22)23/h4-11,16H,3H2,1-2H3. The largest absolute Gasteiger partial charge is 0.465 e. The molecule has 0 aliphatic heterocycles. The fourth-order valence-electron chi connectivity index (χ4n) is 2.34. The van der Waals surface area contributed by atoms with Crippen molar-refractivity contribution in [3.05, 3.63) is 64.7 Å². The Bertz CT molecular complexity index is 888. The number of carbonyl (C=O) groups excluding carboxylic acids is 2. The van der Waals surface area contributed by atoms with Gasteiger partial charge in [0.1, 0.15) is 5.92 Å². The second kappa shape index (κ2) is 7.80. The molecule has 2 aromatic rings. The first kappa shape index (κ1) is 19.1. The maximum Gasteiger partial charge on any atom is 0.321 e. The van der Waals surface area contributed by atoms with Crippen LogP contribution in [0.3, 0.4) is 0 Å². The third kappa shape index (κ3) is 4.46. The molecule has 25 heavy (non-hydrogen) atoms. The number of halogens is 1. The van der Waals surface area contributed by atoms with Gasteiger partial charge in [-0.15, -0.1) is 0 Å². The topological polar surface area (TPSA) is 77.5 Å². The van der Waals surface area contributed by atoms with Crippen molar-refractivity contribution < 1.29 is 22.7 Å². The van der Waals surface area contributed by atoms with Gasteiger partial charge in [-0.25, -0.2) is 8.42 Å². The summed E-state index contributed by atoms with van der Waals surface area (Å²) in [4.78, 5) is 25.3. The van der Waals surface area contributed by atoms with Gasteiger partial charge in [-0.1, -0.05) is 41.9 Å². The lowest BCUT2D eigenvalue weighted by atomic mass is 9.90. The van der Waals surface area contributed by atoms with E-state index in [2.05, 4.69) is 0 Å². The van der Waals surface area contributed by atoms with E-state index in [1.165, 1.54) is 24.3 Å². The van der Waals surface area contributed by atoms with Crippen LogP contribution in [0, 0.1) is 0 Å². The maximum absolute atomic E-state index is 12.9. The van der Waals surface area contributed by atoms with Gasteiger partial charge in [0, 0.05) is 16.8 Å². The summed E-state index contributed by atoms with van der Waals surface area (Å²) in [7, 11) is -3.37. The smallest absolute Gasteiger partial charge is 0.321 e. The van der Waals surface area contributed by atoms with Crippen molar-refractivity contribution >= 4 is 33.2 Å². The molecule has 5 nitrogen and oxygen atoms in total. The predicted octanol–water partition coefficient (Wildman–Crippen LogP) is 3.27. The van der Waals surface area contributed by atoms with Gasteiger partial charge < -0.3 is 4.74 Å². The number of ether oxygens (including phenoxy) is 1. The highest BCUT2D eigenvalue weighted by atomic mass is 35.5. The molecule has 2 rings (SSSR count). The van der Waals surface area contributed by atoms with E-state index < -0.39 is 27.5 Å². The normalized spacial score (nSPS) is 12.4. The molecular weight excluding hydrogens is 364 g/mol. The minimum Gasteiger partial charge on any atom is -0.465 e. The van der Waals surface area contributed by atoms with E-state index in [9.17, 15) is 18.0 Å². The predicted molar refractivity (Wildman–Crippen MR) is 94.7 cm³/mol. The number of carbonyl (C=O) groups is 2. The van der Waals surface area contributed by atoms with Gasteiger partial charge in [0.05, 0.1) is 11.5 Å². The Morgan fingerprint density at radius 3 is 2.20 bits per heavy atom. The third-order valence-electron chi connectivity index (χ3n) is 3.57. The fraction of sp³-hybridized carbons (Fsp3) is 0.222. The Morgan fingerprint density at radius 2 is 1.68 bits per heavy atom. The quantitative estimate of drug-likeness (QED) is 0.436. The van der Waals surface area contributed by atoms with Gasteiger partial charge >= 0.3 is 5.97 Å². The van der Waals surface area contributed by atoms with Crippen LogP contribution < -0.4 is 0 Å².